The molecule has 0 aliphatic carbocycles. The van der Waals surface area contributed by atoms with Gasteiger partial charge in [0.05, 0.1) is 5.39 Å². The van der Waals surface area contributed by atoms with Gasteiger partial charge < -0.3 is 8.83 Å². The summed E-state index contributed by atoms with van der Waals surface area (Å²) in [4.78, 5) is 19.8. The molecule has 234 valence electrons. The van der Waals surface area contributed by atoms with Crippen molar-refractivity contribution >= 4 is 43.8 Å². The van der Waals surface area contributed by atoms with Crippen LogP contribution in [-0.4, -0.2) is 19.9 Å². The van der Waals surface area contributed by atoms with Gasteiger partial charge in [-0.15, -0.1) is 0 Å². The number of aromatic nitrogens is 4. The van der Waals surface area contributed by atoms with Gasteiger partial charge >= 0.3 is 0 Å². The minimum atomic E-state index is 0.572. The number of nitrogens with zero attached hydrogens (tertiary/aromatic N) is 4. The summed E-state index contributed by atoms with van der Waals surface area (Å²) in [5, 5.41) is 4.18. The molecule has 0 bridgehead atoms. The lowest BCUT2D eigenvalue weighted by atomic mass is 9.95. The zero-order chi connectivity index (χ0) is 33.0. The SMILES string of the molecule is c1ccc(-c2nc(-c3ccccc3)nc(-c3cccc4c(-c5ccc(-c6nc7c(ccc8oc9ccccc9c87)o6)cc5)cccc34)n2)cc1. The Kier molecular flexibility index (Phi) is 6.39. The third-order valence-corrected chi connectivity index (χ3v) is 9.20. The molecule has 6 heteroatoms. The van der Waals surface area contributed by atoms with E-state index in [1.165, 1.54) is 0 Å². The molecule has 3 heterocycles. The van der Waals surface area contributed by atoms with Crippen LogP contribution in [0.15, 0.2) is 167 Å². The fourth-order valence-electron chi connectivity index (χ4n) is 6.80. The van der Waals surface area contributed by atoms with Crippen molar-refractivity contribution in [3.63, 3.8) is 0 Å². The molecular weight excluding hydrogens is 617 g/mol. The van der Waals surface area contributed by atoms with E-state index >= 15 is 0 Å². The molecule has 7 aromatic carbocycles. The number of benzene rings is 7. The maximum atomic E-state index is 6.27. The van der Waals surface area contributed by atoms with Gasteiger partial charge in [0.25, 0.3) is 0 Å². The molecule has 0 saturated carbocycles. The molecule has 10 rings (SSSR count). The summed E-state index contributed by atoms with van der Waals surface area (Å²) in [5.74, 6) is 2.48. The molecule has 0 saturated heterocycles. The maximum absolute atomic E-state index is 6.27. The van der Waals surface area contributed by atoms with Crippen LogP contribution in [0, 0.1) is 0 Å². The fourth-order valence-corrected chi connectivity index (χ4v) is 6.80. The molecular formula is C44H26N4O2. The second-order valence-electron chi connectivity index (χ2n) is 12.2. The Bertz CT molecular complexity index is 2800. The minimum absolute atomic E-state index is 0.572. The molecule has 0 atom stereocenters. The van der Waals surface area contributed by atoms with Crippen LogP contribution in [0.5, 0.6) is 0 Å². The summed E-state index contributed by atoms with van der Waals surface area (Å²) in [6.45, 7) is 0. The van der Waals surface area contributed by atoms with Gasteiger partial charge in [0, 0.05) is 27.6 Å². The molecule has 0 unspecified atom stereocenters. The normalized spacial score (nSPS) is 11.6. The molecule has 50 heavy (non-hydrogen) atoms. The van der Waals surface area contributed by atoms with Crippen LogP contribution in [0.2, 0.25) is 0 Å². The second-order valence-corrected chi connectivity index (χ2v) is 12.2. The third kappa shape index (κ3) is 4.65. The lowest BCUT2D eigenvalue weighted by Gasteiger charge is -2.12. The second kappa shape index (κ2) is 11.4. The standard InChI is InChI=1S/C44H26N4O2/c1-3-11-28(12-4-1)41-46-42(29-13-5-2-6-14-29)48-43(47-41)34-19-10-17-32-31(16-9-18-33(32)34)27-21-23-30(24-22-27)44-45-40-38(50-44)26-25-37-39(40)35-15-7-8-20-36(35)49-37/h1-26H. The van der Waals surface area contributed by atoms with Gasteiger partial charge in [-0.1, -0.05) is 127 Å². The van der Waals surface area contributed by atoms with Crippen LogP contribution in [0.3, 0.4) is 0 Å². The molecule has 3 aromatic heterocycles. The van der Waals surface area contributed by atoms with Crippen molar-refractivity contribution in [2.45, 2.75) is 0 Å². The largest absolute Gasteiger partial charge is 0.456 e. The summed E-state index contributed by atoms with van der Waals surface area (Å²) in [5.41, 5.74) is 9.10. The molecule has 6 nitrogen and oxygen atoms in total. The Morgan fingerprint density at radius 3 is 1.60 bits per heavy atom. The summed E-state index contributed by atoms with van der Waals surface area (Å²) in [7, 11) is 0. The van der Waals surface area contributed by atoms with Gasteiger partial charge in [-0.05, 0) is 52.2 Å². The third-order valence-electron chi connectivity index (χ3n) is 9.20. The quantitative estimate of drug-likeness (QED) is 0.186. The van der Waals surface area contributed by atoms with Crippen molar-refractivity contribution in [3.05, 3.63) is 158 Å². The van der Waals surface area contributed by atoms with Crippen LogP contribution >= 0.6 is 0 Å². The van der Waals surface area contributed by atoms with Crippen LogP contribution in [0.25, 0.3) is 101 Å². The van der Waals surface area contributed by atoms with Gasteiger partial charge in [-0.25, -0.2) is 19.9 Å². The molecule has 0 aliphatic heterocycles. The Morgan fingerprint density at radius 2 is 0.880 bits per heavy atom. The van der Waals surface area contributed by atoms with E-state index in [2.05, 4.69) is 66.7 Å². The Balaban J connectivity index is 1.06. The zero-order valence-electron chi connectivity index (χ0n) is 26.6. The summed E-state index contributed by atoms with van der Waals surface area (Å²) < 4.78 is 12.3. The van der Waals surface area contributed by atoms with E-state index in [0.717, 1.165) is 77.2 Å². The van der Waals surface area contributed by atoms with Crippen molar-refractivity contribution in [1.82, 2.24) is 19.9 Å². The van der Waals surface area contributed by atoms with E-state index < -0.39 is 0 Å². The molecule has 0 spiro atoms. The summed E-state index contributed by atoms with van der Waals surface area (Å²) in [6, 6.07) is 53.1. The highest BCUT2D eigenvalue weighted by atomic mass is 16.4. The molecule has 0 fully saturated rings. The van der Waals surface area contributed by atoms with Crippen molar-refractivity contribution in [1.29, 1.82) is 0 Å². The number of oxazole rings is 1. The first kappa shape index (κ1) is 28.1. The first-order valence-electron chi connectivity index (χ1n) is 16.5. The number of hydrogen-bond acceptors (Lipinski definition) is 6. The fraction of sp³-hybridized carbons (Fsp3) is 0. The smallest absolute Gasteiger partial charge is 0.227 e. The molecule has 0 N–H and O–H groups in total. The first-order valence-corrected chi connectivity index (χ1v) is 16.5. The topological polar surface area (TPSA) is 77.8 Å². The van der Waals surface area contributed by atoms with Crippen LogP contribution in [0.4, 0.5) is 0 Å². The number of hydrogen-bond donors (Lipinski definition) is 0. The van der Waals surface area contributed by atoms with E-state index in [4.69, 9.17) is 28.8 Å². The van der Waals surface area contributed by atoms with Gasteiger partial charge in [0.15, 0.2) is 23.1 Å². The van der Waals surface area contributed by atoms with E-state index in [1.807, 2.05) is 91.0 Å². The van der Waals surface area contributed by atoms with E-state index in [0.29, 0.717) is 23.4 Å². The Hall–Kier alpha value is -6.92. The number of para-hydroxylation sites is 1. The molecule has 10 aromatic rings. The highest BCUT2D eigenvalue weighted by molar-refractivity contribution is 6.16. The minimum Gasteiger partial charge on any atom is -0.456 e. The predicted octanol–water partition coefficient (Wildman–Crippen LogP) is 11.4. The van der Waals surface area contributed by atoms with Crippen LogP contribution in [0.1, 0.15) is 0 Å². The predicted molar refractivity (Wildman–Crippen MR) is 199 cm³/mol. The first-order chi connectivity index (χ1) is 24.8. The lowest BCUT2D eigenvalue weighted by Crippen LogP contribution is -2.00. The van der Waals surface area contributed by atoms with E-state index in [1.54, 1.807) is 0 Å². The van der Waals surface area contributed by atoms with Gasteiger partial charge in [0.2, 0.25) is 5.89 Å². The average molecular weight is 643 g/mol. The van der Waals surface area contributed by atoms with Gasteiger partial charge in [-0.3, -0.25) is 0 Å². The van der Waals surface area contributed by atoms with E-state index in [-0.39, 0.29) is 0 Å². The molecule has 0 amide bonds. The highest BCUT2D eigenvalue weighted by Gasteiger charge is 2.18. The number of fused-ring (bicyclic) bond motifs is 6. The van der Waals surface area contributed by atoms with Crippen molar-refractivity contribution in [2.75, 3.05) is 0 Å². The van der Waals surface area contributed by atoms with Gasteiger partial charge in [0.1, 0.15) is 16.7 Å². The van der Waals surface area contributed by atoms with Crippen LogP contribution < -0.4 is 0 Å². The van der Waals surface area contributed by atoms with Crippen molar-refractivity contribution < 1.29 is 8.83 Å². The van der Waals surface area contributed by atoms with E-state index in [9.17, 15) is 0 Å². The average Bonchev–Trinajstić information content (AvgIpc) is 3.80. The molecule has 0 radical (unpaired) electrons. The summed E-state index contributed by atoms with van der Waals surface area (Å²) in [6.07, 6.45) is 0. The van der Waals surface area contributed by atoms with Gasteiger partial charge in [-0.2, -0.15) is 0 Å². The van der Waals surface area contributed by atoms with Crippen molar-refractivity contribution in [3.8, 4) is 56.7 Å². The zero-order valence-corrected chi connectivity index (χ0v) is 26.6. The Labute approximate surface area is 286 Å². The van der Waals surface area contributed by atoms with Crippen molar-refractivity contribution in [2.24, 2.45) is 0 Å². The number of furan rings is 1. The Morgan fingerprint density at radius 1 is 0.320 bits per heavy atom. The highest BCUT2D eigenvalue weighted by Crippen LogP contribution is 2.38. The lowest BCUT2D eigenvalue weighted by molar-refractivity contribution is 0.619. The number of rotatable bonds is 5. The van der Waals surface area contributed by atoms with Crippen LogP contribution in [-0.2, 0) is 0 Å². The monoisotopic (exact) mass is 642 g/mol. The maximum Gasteiger partial charge on any atom is 0.227 e. The summed E-state index contributed by atoms with van der Waals surface area (Å²) >= 11 is 0. The molecule has 0 aliphatic rings.